The second-order valence-electron chi connectivity index (χ2n) is 5.29. The molecule has 2 aromatic heterocycles. The van der Waals surface area contributed by atoms with Crippen LogP contribution in [-0.2, 0) is 7.05 Å². The number of para-hydroxylation sites is 1. The van der Waals surface area contributed by atoms with E-state index < -0.39 is 5.63 Å². The number of benzene rings is 2. The van der Waals surface area contributed by atoms with Gasteiger partial charge in [0.05, 0.1) is 0 Å². The molecule has 4 heteroatoms. The second-order valence-corrected chi connectivity index (χ2v) is 5.29. The van der Waals surface area contributed by atoms with E-state index in [1.54, 1.807) is 0 Å². The number of hydrogen-bond donors (Lipinski definition) is 0. The van der Waals surface area contributed by atoms with Gasteiger partial charge in [-0.15, -0.1) is 0 Å². The number of rotatable bonds is 1. The molecule has 0 spiro atoms. The van der Waals surface area contributed by atoms with Crippen LogP contribution in [-0.4, -0.2) is 4.57 Å². The van der Waals surface area contributed by atoms with Crippen LogP contribution >= 0.6 is 0 Å². The molecular formula is C18H12FNO2. The molecule has 0 unspecified atom stereocenters. The molecule has 3 nitrogen and oxygen atoms in total. The Morgan fingerprint density at radius 1 is 1.00 bits per heavy atom. The number of aromatic nitrogens is 1. The SMILES string of the molecule is Cn1cc(-c2cc(=O)oc3ccc(F)cc23)c2ccccc21. The number of hydrogen-bond acceptors (Lipinski definition) is 2. The van der Waals surface area contributed by atoms with Crippen molar-refractivity contribution >= 4 is 21.9 Å². The first kappa shape index (κ1) is 12.8. The van der Waals surface area contributed by atoms with Crippen molar-refractivity contribution in [2.45, 2.75) is 0 Å². The average Bonchev–Trinajstić information content (AvgIpc) is 2.85. The molecule has 4 rings (SSSR count). The topological polar surface area (TPSA) is 35.1 Å². The summed E-state index contributed by atoms with van der Waals surface area (Å²) in [6.45, 7) is 0. The van der Waals surface area contributed by atoms with Gasteiger partial charge >= 0.3 is 5.63 Å². The largest absolute Gasteiger partial charge is 0.423 e. The van der Waals surface area contributed by atoms with Gasteiger partial charge in [-0.2, -0.15) is 0 Å². The molecule has 0 atom stereocenters. The van der Waals surface area contributed by atoms with Gasteiger partial charge in [-0.25, -0.2) is 9.18 Å². The van der Waals surface area contributed by atoms with E-state index >= 15 is 0 Å². The van der Waals surface area contributed by atoms with Gasteiger partial charge in [0.15, 0.2) is 0 Å². The van der Waals surface area contributed by atoms with Crippen molar-refractivity contribution < 1.29 is 8.81 Å². The molecule has 0 saturated heterocycles. The summed E-state index contributed by atoms with van der Waals surface area (Å²) in [6, 6.07) is 13.5. The summed E-state index contributed by atoms with van der Waals surface area (Å²) < 4.78 is 20.8. The quantitative estimate of drug-likeness (QED) is 0.495. The highest BCUT2D eigenvalue weighted by Crippen LogP contribution is 2.34. The molecule has 0 fully saturated rings. The van der Waals surface area contributed by atoms with Gasteiger partial charge < -0.3 is 8.98 Å². The maximum absolute atomic E-state index is 13.6. The zero-order valence-electron chi connectivity index (χ0n) is 11.8. The highest BCUT2D eigenvalue weighted by atomic mass is 19.1. The van der Waals surface area contributed by atoms with Gasteiger partial charge in [0.25, 0.3) is 0 Å². The van der Waals surface area contributed by atoms with E-state index in [1.807, 2.05) is 42.1 Å². The summed E-state index contributed by atoms with van der Waals surface area (Å²) in [5.41, 5.74) is 2.57. The van der Waals surface area contributed by atoms with Crippen LogP contribution in [0.5, 0.6) is 0 Å². The maximum atomic E-state index is 13.6. The average molecular weight is 293 g/mol. The molecule has 22 heavy (non-hydrogen) atoms. The smallest absolute Gasteiger partial charge is 0.336 e. The molecule has 0 radical (unpaired) electrons. The molecule has 0 amide bonds. The number of fused-ring (bicyclic) bond motifs is 2. The monoisotopic (exact) mass is 293 g/mol. The Morgan fingerprint density at radius 2 is 1.82 bits per heavy atom. The summed E-state index contributed by atoms with van der Waals surface area (Å²) >= 11 is 0. The number of halogens is 1. The van der Waals surface area contributed by atoms with Crippen LogP contribution in [0.25, 0.3) is 33.0 Å². The highest BCUT2D eigenvalue weighted by Gasteiger charge is 2.13. The minimum Gasteiger partial charge on any atom is -0.423 e. The summed E-state index contributed by atoms with van der Waals surface area (Å²) in [5, 5.41) is 1.61. The Morgan fingerprint density at radius 3 is 2.68 bits per heavy atom. The van der Waals surface area contributed by atoms with Crippen LogP contribution in [0.15, 0.2) is 63.9 Å². The lowest BCUT2D eigenvalue weighted by atomic mass is 10.0. The Bertz CT molecular complexity index is 1080. The van der Waals surface area contributed by atoms with Crippen molar-refractivity contribution in [1.29, 1.82) is 0 Å². The molecular weight excluding hydrogens is 281 g/mol. The fourth-order valence-electron chi connectivity index (χ4n) is 2.91. The number of aryl methyl sites for hydroxylation is 1. The minimum absolute atomic E-state index is 0.358. The minimum atomic E-state index is -0.443. The molecule has 0 aliphatic heterocycles. The third-order valence-electron chi connectivity index (χ3n) is 3.89. The Hall–Kier alpha value is -2.88. The van der Waals surface area contributed by atoms with E-state index in [2.05, 4.69) is 0 Å². The van der Waals surface area contributed by atoms with Crippen molar-refractivity contribution in [3.05, 3.63) is 71.0 Å². The van der Waals surface area contributed by atoms with Crippen molar-refractivity contribution in [3.8, 4) is 11.1 Å². The number of nitrogens with zero attached hydrogens (tertiary/aromatic N) is 1. The summed E-state index contributed by atoms with van der Waals surface area (Å²) in [7, 11) is 1.94. The predicted molar refractivity (Wildman–Crippen MR) is 84.4 cm³/mol. The van der Waals surface area contributed by atoms with E-state index in [9.17, 15) is 9.18 Å². The first-order chi connectivity index (χ1) is 10.6. The van der Waals surface area contributed by atoms with Crippen molar-refractivity contribution in [2.75, 3.05) is 0 Å². The van der Waals surface area contributed by atoms with Crippen LogP contribution in [0.1, 0.15) is 0 Å². The standard InChI is InChI=1S/C18H12FNO2/c1-20-10-15(12-4-2-3-5-16(12)20)13-9-18(21)22-17-7-6-11(19)8-14(13)17/h2-10H,1H3. The van der Waals surface area contributed by atoms with Gasteiger partial charge in [0.2, 0.25) is 0 Å². The fourth-order valence-corrected chi connectivity index (χ4v) is 2.91. The van der Waals surface area contributed by atoms with Crippen LogP contribution in [0.3, 0.4) is 0 Å². The van der Waals surface area contributed by atoms with Crippen LogP contribution < -0.4 is 5.63 Å². The van der Waals surface area contributed by atoms with Crippen LogP contribution in [0.2, 0.25) is 0 Å². The van der Waals surface area contributed by atoms with Gasteiger partial charge in [-0.1, -0.05) is 18.2 Å². The Balaban J connectivity index is 2.16. The van der Waals surface area contributed by atoms with Gasteiger partial charge in [0.1, 0.15) is 11.4 Å². The lowest BCUT2D eigenvalue weighted by molar-refractivity contribution is 0.559. The molecule has 0 N–H and O–H groups in total. The Labute approximate surface area is 125 Å². The molecule has 4 aromatic rings. The lowest BCUT2D eigenvalue weighted by Crippen LogP contribution is -1.98. The van der Waals surface area contributed by atoms with E-state index in [1.165, 1.54) is 24.3 Å². The third kappa shape index (κ3) is 1.84. The summed E-state index contributed by atoms with van der Waals surface area (Å²) in [6.07, 6.45) is 1.95. The zero-order valence-corrected chi connectivity index (χ0v) is 11.8. The molecule has 0 aliphatic rings. The van der Waals surface area contributed by atoms with E-state index in [0.29, 0.717) is 16.5 Å². The lowest BCUT2D eigenvalue weighted by Gasteiger charge is -2.04. The van der Waals surface area contributed by atoms with Crippen molar-refractivity contribution in [3.63, 3.8) is 0 Å². The molecule has 0 aliphatic carbocycles. The maximum Gasteiger partial charge on any atom is 0.336 e. The predicted octanol–water partition coefficient (Wildman–Crippen LogP) is 4.09. The van der Waals surface area contributed by atoms with E-state index in [4.69, 9.17) is 4.42 Å². The normalized spacial score (nSPS) is 11.4. The third-order valence-corrected chi connectivity index (χ3v) is 3.89. The summed E-state index contributed by atoms with van der Waals surface area (Å²) in [5.74, 6) is -0.358. The summed E-state index contributed by atoms with van der Waals surface area (Å²) in [4.78, 5) is 11.8. The zero-order chi connectivity index (χ0) is 15.3. The van der Waals surface area contributed by atoms with Gasteiger partial charge in [0, 0.05) is 46.7 Å². The molecule has 0 saturated carbocycles. The molecule has 2 aromatic carbocycles. The highest BCUT2D eigenvalue weighted by molar-refractivity contribution is 6.03. The van der Waals surface area contributed by atoms with Gasteiger partial charge in [-0.3, -0.25) is 0 Å². The molecule has 2 heterocycles. The van der Waals surface area contributed by atoms with Crippen molar-refractivity contribution in [2.24, 2.45) is 7.05 Å². The van der Waals surface area contributed by atoms with E-state index in [-0.39, 0.29) is 5.82 Å². The fraction of sp³-hybridized carbons (Fsp3) is 0.0556. The molecule has 108 valence electrons. The van der Waals surface area contributed by atoms with E-state index in [0.717, 1.165) is 16.5 Å². The first-order valence-corrected chi connectivity index (χ1v) is 6.91. The van der Waals surface area contributed by atoms with Crippen LogP contribution in [0, 0.1) is 5.82 Å². The van der Waals surface area contributed by atoms with Crippen LogP contribution in [0.4, 0.5) is 4.39 Å². The first-order valence-electron chi connectivity index (χ1n) is 6.91. The van der Waals surface area contributed by atoms with Gasteiger partial charge in [-0.05, 0) is 24.3 Å². The second kappa shape index (κ2) is 4.56. The van der Waals surface area contributed by atoms with Crippen molar-refractivity contribution in [1.82, 2.24) is 4.57 Å². The molecule has 0 bridgehead atoms. The Kier molecular flexibility index (Phi) is 2.66.